The summed E-state index contributed by atoms with van der Waals surface area (Å²) in [6.45, 7) is 0. The first-order chi connectivity index (χ1) is 11.9. The Bertz CT molecular complexity index is 712. The van der Waals surface area contributed by atoms with Crippen molar-refractivity contribution in [3.8, 4) is 0 Å². The van der Waals surface area contributed by atoms with E-state index in [-0.39, 0.29) is 11.7 Å². The van der Waals surface area contributed by atoms with Gasteiger partial charge in [-0.3, -0.25) is 9.78 Å². The zero-order valence-corrected chi connectivity index (χ0v) is 13.3. The van der Waals surface area contributed by atoms with Gasteiger partial charge in [-0.25, -0.2) is 14.6 Å². The van der Waals surface area contributed by atoms with Crippen LogP contribution in [0.5, 0.6) is 0 Å². The van der Waals surface area contributed by atoms with E-state index in [2.05, 4.69) is 25.4 Å². The molecular formula is C15H17F3N6O. The molecule has 2 heterocycles. The lowest BCUT2D eigenvalue weighted by atomic mass is 9.98. The topological polar surface area (TPSA) is 85.6 Å². The number of aromatic nitrogens is 5. The molecule has 1 amide bonds. The molecule has 0 aromatic carbocycles. The van der Waals surface area contributed by atoms with E-state index in [9.17, 15) is 18.0 Å². The van der Waals surface area contributed by atoms with E-state index in [1.807, 2.05) is 0 Å². The van der Waals surface area contributed by atoms with Crippen LogP contribution in [-0.2, 0) is 11.0 Å². The van der Waals surface area contributed by atoms with Crippen molar-refractivity contribution < 1.29 is 18.0 Å². The van der Waals surface area contributed by atoms with Crippen molar-refractivity contribution in [2.45, 2.75) is 44.3 Å². The van der Waals surface area contributed by atoms with Gasteiger partial charge in [-0.15, -0.1) is 5.10 Å². The maximum absolute atomic E-state index is 12.8. The zero-order chi connectivity index (χ0) is 17.9. The number of nitrogens with one attached hydrogen (secondary N) is 1. The standard InChI is InChI=1S/C15H17F3N6O/c16-15(17,18)14-21-9-24(23-14)11(7-10-3-1-2-4-10)13(25)22-12-8-19-5-6-20-12/h5-6,8-11H,1-4,7H2,(H,20,22,25)/t11-/m0/s1. The van der Waals surface area contributed by atoms with Gasteiger partial charge in [-0.2, -0.15) is 13.2 Å². The summed E-state index contributed by atoms with van der Waals surface area (Å²) >= 11 is 0. The van der Waals surface area contributed by atoms with Crippen LogP contribution in [0.4, 0.5) is 19.0 Å². The maximum Gasteiger partial charge on any atom is 0.453 e. The van der Waals surface area contributed by atoms with Crippen LogP contribution < -0.4 is 5.32 Å². The molecule has 0 spiro atoms. The summed E-state index contributed by atoms with van der Waals surface area (Å²) < 4.78 is 39.3. The highest BCUT2D eigenvalue weighted by molar-refractivity contribution is 5.92. The van der Waals surface area contributed by atoms with Crippen molar-refractivity contribution in [3.63, 3.8) is 0 Å². The quantitative estimate of drug-likeness (QED) is 0.892. The Morgan fingerprint density at radius 1 is 1.28 bits per heavy atom. The van der Waals surface area contributed by atoms with Gasteiger partial charge in [0, 0.05) is 12.4 Å². The molecule has 2 aromatic heterocycles. The van der Waals surface area contributed by atoms with Crippen LogP contribution in [-0.4, -0.2) is 30.6 Å². The number of anilines is 1. The molecule has 1 fully saturated rings. The van der Waals surface area contributed by atoms with Gasteiger partial charge in [0.15, 0.2) is 5.82 Å². The second-order valence-corrected chi connectivity index (χ2v) is 6.03. The fraction of sp³-hybridized carbons (Fsp3) is 0.533. The molecule has 0 radical (unpaired) electrons. The van der Waals surface area contributed by atoms with Gasteiger partial charge in [-0.1, -0.05) is 25.7 Å². The highest BCUT2D eigenvalue weighted by Crippen LogP contribution is 2.33. The van der Waals surface area contributed by atoms with Crippen molar-refractivity contribution in [1.29, 1.82) is 0 Å². The molecule has 1 atom stereocenters. The summed E-state index contributed by atoms with van der Waals surface area (Å²) in [5.41, 5.74) is 0. The molecule has 7 nitrogen and oxygen atoms in total. The van der Waals surface area contributed by atoms with Gasteiger partial charge in [0.25, 0.3) is 11.7 Å². The Balaban J connectivity index is 1.81. The predicted octanol–water partition coefficient (Wildman–Crippen LogP) is 2.85. The Kier molecular flexibility index (Phi) is 4.95. The third-order valence-corrected chi connectivity index (χ3v) is 4.23. The molecule has 2 aromatic rings. The Morgan fingerprint density at radius 3 is 2.64 bits per heavy atom. The van der Waals surface area contributed by atoms with Crippen LogP contribution in [0.3, 0.4) is 0 Å². The summed E-state index contributed by atoms with van der Waals surface area (Å²) in [5.74, 6) is -1.22. The number of carbonyl (C=O) groups is 1. The fourth-order valence-corrected chi connectivity index (χ4v) is 3.03. The van der Waals surface area contributed by atoms with Crippen LogP contribution in [0.2, 0.25) is 0 Å². The number of nitrogens with zero attached hydrogens (tertiary/aromatic N) is 5. The Morgan fingerprint density at radius 2 is 2.04 bits per heavy atom. The number of carbonyl (C=O) groups excluding carboxylic acids is 1. The average Bonchev–Trinajstić information content (AvgIpc) is 3.24. The molecule has 25 heavy (non-hydrogen) atoms. The molecule has 1 saturated carbocycles. The van der Waals surface area contributed by atoms with Gasteiger partial charge in [0.1, 0.15) is 12.4 Å². The number of hydrogen-bond acceptors (Lipinski definition) is 5. The van der Waals surface area contributed by atoms with Crippen molar-refractivity contribution in [2.24, 2.45) is 5.92 Å². The van der Waals surface area contributed by atoms with Crippen molar-refractivity contribution in [3.05, 3.63) is 30.7 Å². The third-order valence-electron chi connectivity index (χ3n) is 4.23. The van der Waals surface area contributed by atoms with E-state index in [1.165, 1.54) is 18.6 Å². The second-order valence-electron chi connectivity index (χ2n) is 6.03. The molecule has 0 unspecified atom stereocenters. The van der Waals surface area contributed by atoms with Gasteiger partial charge >= 0.3 is 6.18 Å². The van der Waals surface area contributed by atoms with E-state index in [4.69, 9.17) is 0 Å². The lowest BCUT2D eigenvalue weighted by Crippen LogP contribution is -2.29. The number of hydrogen-bond donors (Lipinski definition) is 1. The predicted molar refractivity (Wildman–Crippen MR) is 81.3 cm³/mol. The molecule has 1 N–H and O–H groups in total. The number of rotatable bonds is 5. The number of alkyl halides is 3. The van der Waals surface area contributed by atoms with Crippen molar-refractivity contribution >= 4 is 11.7 Å². The van der Waals surface area contributed by atoms with Crippen LogP contribution >= 0.6 is 0 Å². The summed E-state index contributed by atoms with van der Waals surface area (Å²) in [7, 11) is 0. The first-order valence-electron chi connectivity index (χ1n) is 7.98. The highest BCUT2D eigenvalue weighted by atomic mass is 19.4. The second kappa shape index (κ2) is 7.16. The molecule has 0 saturated heterocycles. The molecule has 134 valence electrons. The number of halogens is 3. The molecule has 0 aliphatic heterocycles. The van der Waals surface area contributed by atoms with Crippen LogP contribution in [0.25, 0.3) is 0 Å². The summed E-state index contributed by atoms with van der Waals surface area (Å²) in [5, 5.41) is 6.05. The summed E-state index contributed by atoms with van der Waals surface area (Å²) in [6, 6.07) is -0.881. The number of amides is 1. The van der Waals surface area contributed by atoms with Gasteiger partial charge in [0.05, 0.1) is 6.20 Å². The van der Waals surface area contributed by atoms with Gasteiger partial charge in [0.2, 0.25) is 0 Å². The van der Waals surface area contributed by atoms with Crippen molar-refractivity contribution in [1.82, 2.24) is 24.7 Å². The summed E-state index contributed by atoms with van der Waals surface area (Å²) in [6.07, 6.45) is 4.99. The van der Waals surface area contributed by atoms with E-state index in [1.54, 1.807) is 0 Å². The smallest absolute Gasteiger partial charge is 0.308 e. The van der Waals surface area contributed by atoms with Crippen molar-refractivity contribution in [2.75, 3.05) is 5.32 Å². The first kappa shape index (κ1) is 17.3. The SMILES string of the molecule is O=C(Nc1cnccn1)[C@H](CC1CCCC1)n1cnc(C(F)(F)F)n1. The largest absolute Gasteiger partial charge is 0.453 e. The minimum atomic E-state index is -4.65. The van der Waals surface area contributed by atoms with Gasteiger partial charge in [-0.05, 0) is 12.3 Å². The lowest BCUT2D eigenvalue weighted by molar-refractivity contribution is -0.145. The normalized spacial score (nSPS) is 16.8. The zero-order valence-electron chi connectivity index (χ0n) is 13.3. The molecule has 0 bridgehead atoms. The van der Waals surface area contributed by atoms with Crippen LogP contribution in [0.1, 0.15) is 44.0 Å². The highest BCUT2D eigenvalue weighted by Gasteiger charge is 2.37. The Hall–Kier alpha value is -2.52. The van der Waals surface area contributed by atoms with Crippen LogP contribution in [0.15, 0.2) is 24.9 Å². The van der Waals surface area contributed by atoms with Gasteiger partial charge < -0.3 is 5.32 Å². The lowest BCUT2D eigenvalue weighted by Gasteiger charge is -2.20. The maximum atomic E-state index is 12.8. The molecule has 10 heteroatoms. The fourth-order valence-electron chi connectivity index (χ4n) is 3.03. The van der Waals surface area contributed by atoms with E-state index >= 15 is 0 Å². The minimum Gasteiger partial charge on any atom is -0.308 e. The molecular weight excluding hydrogens is 337 g/mol. The first-order valence-corrected chi connectivity index (χ1v) is 7.98. The monoisotopic (exact) mass is 354 g/mol. The molecule has 1 aliphatic carbocycles. The van der Waals surface area contributed by atoms with Crippen LogP contribution in [0, 0.1) is 5.92 Å². The van der Waals surface area contributed by atoms with E-state index < -0.39 is 23.9 Å². The molecule has 3 rings (SSSR count). The minimum absolute atomic E-state index is 0.236. The average molecular weight is 354 g/mol. The van der Waals surface area contributed by atoms with E-state index in [0.29, 0.717) is 6.42 Å². The Labute approximate surface area is 141 Å². The molecule has 1 aliphatic rings. The van der Waals surface area contributed by atoms with E-state index in [0.717, 1.165) is 36.7 Å². The third kappa shape index (κ3) is 4.31. The summed E-state index contributed by atoms with van der Waals surface area (Å²) in [4.78, 5) is 23.7.